The first kappa shape index (κ1) is 15.5. The maximum Gasteiger partial charge on any atom is 0.269 e. The van der Waals surface area contributed by atoms with Crippen LogP contribution in [0.15, 0.2) is 18.3 Å². The minimum atomic E-state index is -0.186. The molecule has 0 radical (unpaired) electrons. The molecule has 1 atom stereocenters. The maximum absolute atomic E-state index is 12.0. The third-order valence-corrected chi connectivity index (χ3v) is 3.68. The highest BCUT2D eigenvalue weighted by Gasteiger charge is 2.29. The van der Waals surface area contributed by atoms with Gasteiger partial charge in [-0.2, -0.15) is 0 Å². The van der Waals surface area contributed by atoms with Crippen molar-refractivity contribution in [1.29, 1.82) is 0 Å². The number of hydrogen-bond acceptors (Lipinski definition) is 4. The van der Waals surface area contributed by atoms with Crippen molar-refractivity contribution < 1.29 is 9.90 Å². The van der Waals surface area contributed by atoms with Crippen molar-refractivity contribution in [2.24, 2.45) is 0 Å². The molecular formula is C16H21N3O2. The Labute approximate surface area is 125 Å². The van der Waals surface area contributed by atoms with Crippen molar-refractivity contribution in [3.8, 4) is 11.8 Å². The number of carbonyl (C=O) groups excluding carboxylic acids is 1. The molecule has 112 valence electrons. The van der Waals surface area contributed by atoms with E-state index in [4.69, 9.17) is 5.11 Å². The third-order valence-electron chi connectivity index (χ3n) is 3.68. The van der Waals surface area contributed by atoms with Crippen LogP contribution in [0, 0.1) is 11.8 Å². The average Bonchev–Trinajstić information content (AvgIpc) is 3.34. The van der Waals surface area contributed by atoms with Gasteiger partial charge in [-0.1, -0.05) is 11.8 Å². The van der Waals surface area contributed by atoms with Gasteiger partial charge in [-0.15, -0.1) is 0 Å². The number of amides is 1. The van der Waals surface area contributed by atoms with Gasteiger partial charge in [0.1, 0.15) is 12.3 Å². The molecule has 1 aliphatic carbocycles. The summed E-state index contributed by atoms with van der Waals surface area (Å²) in [5.41, 5.74) is 1.06. The van der Waals surface area contributed by atoms with E-state index in [-0.39, 0.29) is 12.5 Å². The van der Waals surface area contributed by atoms with Gasteiger partial charge in [-0.3, -0.25) is 9.69 Å². The van der Waals surface area contributed by atoms with E-state index in [1.165, 1.54) is 19.0 Å². The smallest absolute Gasteiger partial charge is 0.269 e. The first-order chi connectivity index (χ1) is 10.1. The zero-order valence-electron chi connectivity index (χ0n) is 12.5. The number of aliphatic hydroxyl groups is 1. The lowest BCUT2D eigenvalue weighted by molar-refractivity contribution is 0.0934. The molecule has 0 aliphatic heterocycles. The molecule has 0 spiro atoms. The van der Waals surface area contributed by atoms with Crippen LogP contribution in [0.3, 0.4) is 0 Å². The van der Waals surface area contributed by atoms with E-state index in [0.717, 1.165) is 0 Å². The molecule has 1 amide bonds. The Morgan fingerprint density at radius 1 is 1.57 bits per heavy atom. The lowest BCUT2D eigenvalue weighted by Crippen LogP contribution is -2.41. The SMILES string of the molecule is CC(CNC(=O)c1ccc(C#CCO)cn1)N(C)C1CC1. The Morgan fingerprint density at radius 3 is 2.90 bits per heavy atom. The minimum Gasteiger partial charge on any atom is -0.384 e. The van der Waals surface area contributed by atoms with Crippen molar-refractivity contribution in [2.45, 2.75) is 31.8 Å². The van der Waals surface area contributed by atoms with Gasteiger partial charge < -0.3 is 10.4 Å². The van der Waals surface area contributed by atoms with E-state index in [0.29, 0.717) is 29.9 Å². The predicted octanol–water partition coefficient (Wildman–Crippen LogP) is 0.638. The van der Waals surface area contributed by atoms with Gasteiger partial charge in [0.25, 0.3) is 5.91 Å². The van der Waals surface area contributed by atoms with E-state index in [2.05, 4.69) is 41.0 Å². The fourth-order valence-corrected chi connectivity index (χ4v) is 2.06. The second-order valence-corrected chi connectivity index (χ2v) is 5.35. The van der Waals surface area contributed by atoms with Crippen LogP contribution in [0.25, 0.3) is 0 Å². The summed E-state index contributed by atoms with van der Waals surface area (Å²) in [4.78, 5) is 18.4. The summed E-state index contributed by atoms with van der Waals surface area (Å²) < 4.78 is 0. The van der Waals surface area contributed by atoms with E-state index < -0.39 is 0 Å². The standard InChI is InChI=1S/C16H21N3O2/c1-12(19(2)14-6-7-14)10-18-16(21)15-8-5-13(11-17-15)4-3-9-20/h5,8,11-12,14,20H,6-7,9-10H2,1-2H3,(H,18,21). The summed E-state index contributed by atoms with van der Waals surface area (Å²) in [7, 11) is 2.10. The highest BCUT2D eigenvalue weighted by molar-refractivity contribution is 5.92. The maximum atomic E-state index is 12.0. The summed E-state index contributed by atoms with van der Waals surface area (Å²) in [5.74, 6) is 5.11. The molecule has 2 N–H and O–H groups in total. The van der Waals surface area contributed by atoms with Crippen LogP contribution in [0.4, 0.5) is 0 Å². The molecule has 1 aromatic heterocycles. The largest absolute Gasteiger partial charge is 0.384 e. The number of hydrogen-bond donors (Lipinski definition) is 2. The van der Waals surface area contributed by atoms with Gasteiger partial charge in [0.05, 0.1) is 0 Å². The molecule has 5 nitrogen and oxygen atoms in total. The van der Waals surface area contributed by atoms with Crippen LogP contribution in [0.2, 0.25) is 0 Å². The van der Waals surface area contributed by atoms with Gasteiger partial charge in [-0.05, 0) is 38.9 Å². The number of likely N-dealkylation sites (N-methyl/N-ethyl adjacent to an activating group) is 1. The van der Waals surface area contributed by atoms with Crippen LogP contribution >= 0.6 is 0 Å². The topological polar surface area (TPSA) is 65.5 Å². The molecule has 1 heterocycles. The number of carbonyl (C=O) groups is 1. The molecule has 5 heteroatoms. The molecular weight excluding hydrogens is 266 g/mol. The highest BCUT2D eigenvalue weighted by Crippen LogP contribution is 2.26. The van der Waals surface area contributed by atoms with Crippen molar-refractivity contribution in [1.82, 2.24) is 15.2 Å². The Hall–Kier alpha value is -1.90. The molecule has 1 fully saturated rings. The number of nitrogens with one attached hydrogen (secondary N) is 1. The first-order valence-corrected chi connectivity index (χ1v) is 7.17. The van der Waals surface area contributed by atoms with Crippen molar-refractivity contribution >= 4 is 5.91 Å². The van der Waals surface area contributed by atoms with Crippen LogP contribution < -0.4 is 5.32 Å². The molecule has 0 saturated heterocycles. The number of aliphatic hydroxyl groups excluding tert-OH is 1. The van der Waals surface area contributed by atoms with Crippen LogP contribution in [0.5, 0.6) is 0 Å². The molecule has 1 aromatic rings. The second-order valence-electron chi connectivity index (χ2n) is 5.35. The van der Waals surface area contributed by atoms with Gasteiger partial charge >= 0.3 is 0 Å². The predicted molar refractivity (Wildman–Crippen MR) is 80.8 cm³/mol. The number of rotatable bonds is 5. The lowest BCUT2D eigenvalue weighted by atomic mass is 10.2. The Morgan fingerprint density at radius 2 is 2.33 bits per heavy atom. The van der Waals surface area contributed by atoms with E-state index in [1.54, 1.807) is 12.1 Å². The van der Waals surface area contributed by atoms with E-state index in [9.17, 15) is 4.79 Å². The monoisotopic (exact) mass is 287 g/mol. The second kappa shape index (κ2) is 7.21. The Kier molecular flexibility index (Phi) is 5.32. The molecule has 1 saturated carbocycles. The number of aromatic nitrogens is 1. The molecule has 1 aliphatic rings. The lowest BCUT2D eigenvalue weighted by Gasteiger charge is -2.24. The molecule has 21 heavy (non-hydrogen) atoms. The molecule has 1 unspecified atom stereocenters. The summed E-state index contributed by atoms with van der Waals surface area (Å²) in [6.07, 6.45) is 4.05. The quantitative estimate of drug-likeness (QED) is 0.780. The zero-order valence-corrected chi connectivity index (χ0v) is 12.5. The number of pyridine rings is 1. The number of nitrogens with zero attached hydrogens (tertiary/aromatic N) is 2. The van der Waals surface area contributed by atoms with Gasteiger partial charge in [0.15, 0.2) is 0 Å². The van der Waals surface area contributed by atoms with Gasteiger partial charge in [0, 0.05) is 30.4 Å². The zero-order chi connectivity index (χ0) is 15.2. The third kappa shape index (κ3) is 4.55. The van der Waals surface area contributed by atoms with Gasteiger partial charge in [0.2, 0.25) is 0 Å². The first-order valence-electron chi connectivity index (χ1n) is 7.17. The minimum absolute atomic E-state index is 0.173. The highest BCUT2D eigenvalue weighted by atomic mass is 16.2. The molecule has 0 bridgehead atoms. The average molecular weight is 287 g/mol. The Bertz CT molecular complexity index is 541. The summed E-state index contributed by atoms with van der Waals surface area (Å²) in [6.45, 7) is 2.54. The van der Waals surface area contributed by atoms with Crippen molar-refractivity contribution in [3.05, 3.63) is 29.6 Å². The van der Waals surface area contributed by atoms with E-state index >= 15 is 0 Å². The normalized spacial score (nSPS) is 15.2. The van der Waals surface area contributed by atoms with Crippen LogP contribution in [-0.4, -0.2) is 53.2 Å². The fraction of sp³-hybridized carbons (Fsp3) is 0.500. The summed E-state index contributed by atoms with van der Waals surface area (Å²) in [5, 5.41) is 11.5. The molecule has 2 rings (SSSR count). The fourth-order valence-electron chi connectivity index (χ4n) is 2.06. The van der Waals surface area contributed by atoms with Crippen molar-refractivity contribution in [3.63, 3.8) is 0 Å². The Balaban J connectivity index is 1.85. The molecule has 0 aromatic carbocycles. The van der Waals surface area contributed by atoms with E-state index in [1.807, 2.05) is 0 Å². The van der Waals surface area contributed by atoms with Crippen LogP contribution in [-0.2, 0) is 0 Å². The summed E-state index contributed by atoms with van der Waals surface area (Å²) in [6, 6.07) is 4.37. The van der Waals surface area contributed by atoms with Gasteiger partial charge in [-0.25, -0.2) is 4.98 Å². The van der Waals surface area contributed by atoms with Crippen LogP contribution in [0.1, 0.15) is 35.8 Å². The van der Waals surface area contributed by atoms with Crippen molar-refractivity contribution in [2.75, 3.05) is 20.2 Å². The summed E-state index contributed by atoms with van der Waals surface area (Å²) >= 11 is 0.